The van der Waals surface area contributed by atoms with Crippen LogP contribution in [0.2, 0.25) is 0 Å². The van der Waals surface area contributed by atoms with Gasteiger partial charge in [0.15, 0.2) is 0 Å². The zero-order chi connectivity index (χ0) is 21.5. The van der Waals surface area contributed by atoms with Crippen LogP contribution in [-0.2, 0) is 19.3 Å². The summed E-state index contributed by atoms with van der Waals surface area (Å²) in [6, 6.07) is 11.7. The maximum absolute atomic E-state index is 13.0. The van der Waals surface area contributed by atoms with Gasteiger partial charge >= 0.3 is 17.3 Å². The largest absolute Gasteiger partial charge is 0.497 e. The highest BCUT2D eigenvalue weighted by molar-refractivity contribution is 5.59. The van der Waals surface area contributed by atoms with Crippen molar-refractivity contribution in [2.45, 2.75) is 19.3 Å². The van der Waals surface area contributed by atoms with E-state index in [0.29, 0.717) is 12.3 Å². The fraction of sp³-hybridized carbons (Fsp3) is 0.250. The monoisotopic (exact) mass is 418 g/mol. The lowest BCUT2D eigenvalue weighted by Gasteiger charge is -2.18. The Bertz CT molecular complexity index is 1200. The second-order valence-electron chi connectivity index (χ2n) is 6.77. The summed E-state index contributed by atoms with van der Waals surface area (Å²) in [5.74, 6) is 0.926. The molecular formula is C20H17F3N4O3. The van der Waals surface area contributed by atoms with E-state index in [1.165, 1.54) is 16.7 Å². The lowest BCUT2D eigenvalue weighted by molar-refractivity contribution is -0.137. The number of ether oxygens (including phenoxy) is 1. The Balaban J connectivity index is 1.72. The molecule has 1 aromatic heterocycles. The van der Waals surface area contributed by atoms with Gasteiger partial charge in [0, 0.05) is 18.8 Å². The first-order valence-electron chi connectivity index (χ1n) is 9.07. The molecule has 0 aliphatic carbocycles. The van der Waals surface area contributed by atoms with E-state index in [4.69, 9.17) is 4.74 Å². The molecule has 0 amide bonds. The van der Waals surface area contributed by atoms with Gasteiger partial charge in [-0.1, -0.05) is 12.1 Å². The van der Waals surface area contributed by atoms with E-state index in [0.717, 1.165) is 22.5 Å². The van der Waals surface area contributed by atoms with Gasteiger partial charge in [0.25, 0.3) is 0 Å². The molecule has 2 heterocycles. The number of nitrogens with zero attached hydrogens (tertiary/aromatic N) is 4. The molecule has 4 rings (SSSR count). The van der Waals surface area contributed by atoms with E-state index in [1.807, 2.05) is 0 Å². The molecule has 1 aliphatic heterocycles. The number of alkyl halides is 3. The van der Waals surface area contributed by atoms with Crippen molar-refractivity contribution >= 4 is 11.6 Å². The summed E-state index contributed by atoms with van der Waals surface area (Å²) in [5, 5.41) is 4.28. The van der Waals surface area contributed by atoms with Crippen molar-refractivity contribution in [3.8, 4) is 5.75 Å². The van der Waals surface area contributed by atoms with Crippen LogP contribution in [-0.4, -0.2) is 28.0 Å². The van der Waals surface area contributed by atoms with Crippen LogP contribution in [0, 0.1) is 0 Å². The minimum Gasteiger partial charge on any atom is -0.497 e. The molecule has 10 heteroatoms. The highest BCUT2D eigenvalue weighted by Gasteiger charge is 2.30. The first kappa shape index (κ1) is 19.7. The molecule has 0 N–H and O–H groups in total. The van der Waals surface area contributed by atoms with Gasteiger partial charge in [0.2, 0.25) is 5.95 Å². The third kappa shape index (κ3) is 3.56. The van der Waals surface area contributed by atoms with Crippen LogP contribution in [0.25, 0.3) is 0 Å². The van der Waals surface area contributed by atoms with E-state index in [-0.39, 0.29) is 24.6 Å². The number of benzene rings is 2. The van der Waals surface area contributed by atoms with Crippen LogP contribution in [0.3, 0.4) is 0 Å². The third-order valence-electron chi connectivity index (χ3n) is 4.87. The molecule has 0 atom stereocenters. The van der Waals surface area contributed by atoms with Crippen molar-refractivity contribution in [3.05, 3.63) is 80.4 Å². The highest BCUT2D eigenvalue weighted by Crippen LogP contribution is 2.30. The number of fused-ring (bicyclic) bond motifs is 1. The summed E-state index contributed by atoms with van der Waals surface area (Å²) in [5.41, 5.74) is -1.50. The molecule has 0 saturated heterocycles. The smallest absolute Gasteiger partial charge is 0.416 e. The van der Waals surface area contributed by atoms with Crippen LogP contribution in [0.15, 0.2) is 58.1 Å². The van der Waals surface area contributed by atoms with Crippen molar-refractivity contribution in [2.24, 2.45) is 0 Å². The molecule has 30 heavy (non-hydrogen) atoms. The predicted octanol–water partition coefficient (Wildman–Crippen LogP) is 2.63. The van der Waals surface area contributed by atoms with Gasteiger partial charge in [-0.05, 0) is 42.0 Å². The average molecular weight is 418 g/mol. The summed E-state index contributed by atoms with van der Waals surface area (Å²) in [7, 11) is 1.55. The Morgan fingerprint density at radius 1 is 1.03 bits per heavy atom. The Morgan fingerprint density at radius 3 is 2.43 bits per heavy atom. The molecule has 0 fully saturated rings. The fourth-order valence-electron chi connectivity index (χ4n) is 3.36. The number of anilines is 2. The third-order valence-corrected chi connectivity index (χ3v) is 4.87. The molecule has 0 spiro atoms. The number of halogens is 3. The number of hydrogen-bond donors (Lipinski definition) is 0. The van der Waals surface area contributed by atoms with E-state index < -0.39 is 22.9 Å². The molecule has 7 nitrogen and oxygen atoms in total. The summed E-state index contributed by atoms with van der Waals surface area (Å²) >= 11 is 0. The van der Waals surface area contributed by atoms with Crippen LogP contribution >= 0.6 is 0 Å². The fourth-order valence-corrected chi connectivity index (χ4v) is 3.36. The van der Waals surface area contributed by atoms with Crippen molar-refractivity contribution < 1.29 is 17.9 Å². The molecule has 0 unspecified atom stereocenters. The van der Waals surface area contributed by atoms with E-state index >= 15 is 0 Å². The maximum Gasteiger partial charge on any atom is 0.416 e. The number of methoxy groups -OCH3 is 1. The van der Waals surface area contributed by atoms with Crippen LogP contribution in [0.5, 0.6) is 5.75 Å². The standard InChI is InChI=1S/C20H17F3N4O3/c1-30-16-7-5-15(6-8-16)25-9-10-26-17(28)18(29)27(24-19(25)26)12-13-3-2-4-14(11-13)20(21,22)23/h2-8,11H,9-10,12H2,1H3. The first-order valence-corrected chi connectivity index (χ1v) is 9.07. The Morgan fingerprint density at radius 2 is 1.77 bits per heavy atom. The molecule has 2 aromatic carbocycles. The predicted molar refractivity (Wildman–Crippen MR) is 103 cm³/mol. The van der Waals surface area contributed by atoms with Gasteiger partial charge in [-0.15, -0.1) is 5.10 Å². The zero-order valence-electron chi connectivity index (χ0n) is 15.9. The second kappa shape index (κ2) is 7.36. The van der Waals surface area contributed by atoms with Crippen molar-refractivity contribution in [1.82, 2.24) is 14.3 Å². The molecular weight excluding hydrogens is 401 g/mol. The molecule has 3 aromatic rings. The summed E-state index contributed by atoms with van der Waals surface area (Å²) in [4.78, 5) is 26.8. The topological polar surface area (TPSA) is 69.4 Å². The number of hydrogen-bond acceptors (Lipinski definition) is 5. The Kier molecular flexibility index (Phi) is 4.84. The van der Waals surface area contributed by atoms with E-state index in [2.05, 4.69) is 5.10 Å². The van der Waals surface area contributed by atoms with Gasteiger partial charge < -0.3 is 9.64 Å². The summed E-state index contributed by atoms with van der Waals surface area (Å²) < 4.78 is 46.2. The van der Waals surface area contributed by atoms with Crippen molar-refractivity contribution in [1.29, 1.82) is 0 Å². The maximum atomic E-state index is 13.0. The minimum absolute atomic E-state index is 0.220. The molecule has 156 valence electrons. The quantitative estimate of drug-likeness (QED) is 0.610. The normalized spacial score (nSPS) is 13.4. The summed E-state index contributed by atoms with van der Waals surface area (Å²) in [6.45, 7) is 0.469. The lowest BCUT2D eigenvalue weighted by atomic mass is 10.1. The van der Waals surface area contributed by atoms with Gasteiger partial charge in [-0.25, -0.2) is 4.68 Å². The van der Waals surface area contributed by atoms with Crippen molar-refractivity contribution in [2.75, 3.05) is 18.6 Å². The second-order valence-corrected chi connectivity index (χ2v) is 6.77. The van der Waals surface area contributed by atoms with E-state index in [9.17, 15) is 22.8 Å². The SMILES string of the molecule is COc1ccc(N2CCn3c2nn(Cc2cccc(C(F)(F)F)c2)c(=O)c3=O)cc1. The average Bonchev–Trinajstić information content (AvgIpc) is 3.15. The molecule has 0 saturated carbocycles. The zero-order valence-corrected chi connectivity index (χ0v) is 15.9. The van der Waals surface area contributed by atoms with Crippen LogP contribution < -0.4 is 20.8 Å². The lowest BCUT2D eigenvalue weighted by Crippen LogP contribution is -2.42. The van der Waals surface area contributed by atoms with Gasteiger partial charge in [0.1, 0.15) is 5.75 Å². The van der Waals surface area contributed by atoms with Crippen LogP contribution in [0.4, 0.5) is 24.8 Å². The molecule has 1 aliphatic rings. The Hall–Kier alpha value is -3.56. The van der Waals surface area contributed by atoms with Gasteiger partial charge in [-0.3, -0.25) is 14.2 Å². The minimum atomic E-state index is -4.50. The number of aromatic nitrogens is 3. The molecule has 0 radical (unpaired) electrons. The molecule has 0 bridgehead atoms. The number of rotatable bonds is 4. The summed E-state index contributed by atoms with van der Waals surface area (Å²) in [6.07, 6.45) is -4.50. The highest BCUT2D eigenvalue weighted by atomic mass is 19.4. The Labute approximate surface area is 168 Å². The van der Waals surface area contributed by atoms with Crippen LogP contribution in [0.1, 0.15) is 11.1 Å². The van der Waals surface area contributed by atoms with Gasteiger partial charge in [-0.2, -0.15) is 13.2 Å². The first-order chi connectivity index (χ1) is 14.3. The van der Waals surface area contributed by atoms with Crippen molar-refractivity contribution in [3.63, 3.8) is 0 Å². The van der Waals surface area contributed by atoms with Gasteiger partial charge in [0.05, 0.1) is 19.2 Å². The van der Waals surface area contributed by atoms with E-state index in [1.54, 1.807) is 36.3 Å².